The monoisotopic (exact) mass is 526 g/mol. The number of hydrogen-bond acceptors (Lipinski definition) is 11. The Morgan fingerprint density at radius 1 is 1.25 bits per heavy atom. The van der Waals surface area contributed by atoms with Crippen molar-refractivity contribution < 1.29 is 38.1 Å². The maximum absolute atomic E-state index is 13.7. The standard InChI is InChI=1S/C22H31N4O9P/c1-13(2)11-15(21(29)32-3)25-36(31,35-14-7-5-4-6-8-14)33-12-16-18(27)19(28)20(34-16)26-10-9-17(23)24-22(26)30/h4-10,13,15-16,18-20,27-28H,11-12H2,1-3H3,(H,25,31)(H2,23,24,30)/t15?,16-,18-,19-,20-,36?/m1/s1. The van der Waals surface area contributed by atoms with Gasteiger partial charge in [0.05, 0.1) is 13.7 Å². The number of rotatable bonds is 11. The Hall–Kier alpha value is -2.80. The van der Waals surface area contributed by atoms with Gasteiger partial charge < -0.3 is 29.9 Å². The van der Waals surface area contributed by atoms with Gasteiger partial charge >= 0.3 is 19.4 Å². The number of nitrogens with one attached hydrogen (secondary N) is 1. The lowest BCUT2D eigenvalue weighted by Crippen LogP contribution is -2.39. The molecule has 1 aromatic carbocycles. The zero-order chi connectivity index (χ0) is 26.5. The minimum absolute atomic E-state index is 0.0178. The average molecular weight is 526 g/mol. The van der Waals surface area contributed by atoms with Gasteiger partial charge in [-0.25, -0.2) is 9.36 Å². The van der Waals surface area contributed by atoms with Crippen molar-refractivity contribution in [2.24, 2.45) is 5.92 Å². The number of nitrogens with two attached hydrogens (primary N) is 1. The molecule has 1 aromatic heterocycles. The first-order valence-corrected chi connectivity index (χ1v) is 12.8. The quantitative estimate of drug-likeness (QED) is 0.239. The van der Waals surface area contributed by atoms with E-state index in [1.54, 1.807) is 30.3 Å². The van der Waals surface area contributed by atoms with E-state index in [9.17, 15) is 24.4 Å². The van der Waals surface area contributed by atoms with Gasteiger partial charge in [-0.3, -0.25) is 13.9 Å². The first-order chi connectivity index (χ1) is 17.0. The summed E-state index contributed by atoms with van der Waals surface area (Å²) in [5.41, 5.74) is 4.70. The zero-order valence-corrected chi connectivity index (χ0v) is 21.0. The number of carbonyl (C=O) groups is 1. The lowest BCUT2D eigenvalue weighted by atomic mass is 10.1. The molecule has 3 rings (SSSR count). The highest BCUT2D eigenvalue weighted by molar-refractivity contribution is 7.52. The molecule has 1 fully saturated rings. The van der Waals surface area contributed by atoms with Crippen molar-refractivity contribution >= 4 is 19.5 Å². The van der Waals surface area contributed by atoms with E-state index in [-0.39, 0.29) is 23.9 Å². The average Bonchev–Trinajstić information content (AvgIpc) is 3.11. The van der Waals surface area contributed by atoms with Crippen LogP contribution in [-0.2, 0) is 23.4 Å². The van der Waals surface area contributed by atoms with Gasteiger partial charge in [-0.1, -0.05) is 32.0 Å². The molecule has 198 valence electrons. The van der Waals surface area contributed by atoms with Crippen LogP contribution in [0.2, 0.25) is 0 Å². The number of carbonyl (C=O) groups excluding carboxylic acids is 1. The Kier molecular flexibility index (Phi) is 9.23. The molecule has 6 atom stereocenters. The van der Waals surface area contributed by atoms with Gasteiger partial charge in [0.25, 0.3) is 0 Å². The van der Waals surface area contributed by atoms with Crippen molar-refractivity contribution in [1.82, 2.24) is 14.6 Å². The zero-order valence-electron chi connectivity index (χ0n) is 20.1. The van der Waals surface area contributed by atoms with Gasteiger partial charge in [-0.05, 0) is 30.5 Å². The topological polar surface area (TPSA) is 184 Å². The van der Waals surface area contributed by atoms with Gasteiger partial charge in [-0.2, -0.15) is 10.1 Å². The Morgan fingerprint density at radius 2 is 1.94 bits per heavy atom. The molecular formula is C22H31N4O9P. The number of para-hydroxylation sites is 1. The SMILES string of the molecule is COC(=O)C(CC(C)C)NP(=O)(OC[C@H]1O[C@@H](n2ccc(N)nc2=O)[C@H](O)[C@@H]1O)Oc1ccccc1. The van der Waals surface area contributed by atoms with Crippen molar-refractivity contribution in [2.45, 2.75) is 50.8 Å². The summed E-state index contributed by atoms with van der Waals surface area (Å²) in [6, 6.07) is 8.48. The highest BCUT2D eigenvalue weighted by Gasteiger charge is 2.46. The van der Waals surface area contributed by atoms with Crippen LogP contribution in [0.4, 0.5) is 5.82 Å². The molecule has 36 heavy (non-hydrogen) atoms. The molecule has 0 spiro atoms. The molecule has 0 aliphatic carbocycles. The normalized spacial score (nSPS) is 24.3. The summed E-state index contributed by atoms with van der Waals surface area (Å²) in [4.78, 5) is 28.1. The molecule has 1 aliphatic rings. The van der Waals surface area contributed by atoms with Crippen LogP contribution in [-0.4, -0.2) is 63.8 Å². The number of nitrogen functional groups attached to an aromatic ring is 1. The minimum Gasteiger partial charge on any atom is -0.468 e. The van der Waals surface area contributed by atoms with Gasteiger partial charge in [-0.15, -0.1) is 0 Å². The highest BCUT2D eigenvalue weighted by Crippen LogP contribution is 2.46. The van der Waals surface area contributed by atoms with E-state index in [2.05, 4.69) is 10.1 Å². The number of methoxy groups -OCH3 is 1. The van der Waals surface area contributed by atoms with Gasteiger partial charge in [0.2, 0.25) is 0 Å². The fraction of sp³-hybridized carbons (Fsp3) is 0.500. The Labute approximate surface area is 207 Å². The number of aromatic nitrogens is 2. The number of nitrogens with zero attached hydrogens (tertiary/aromatic N) is 2. The van der Waals surface area contributed by atoms with Crippen molar-refractivity contribution in [3.05, 3.63) is 53.1 Å². The van der Waals surface area contributed by atoms with E-state index in [1.165, 1.54) is 19.4 Å². The number of aliphatic hydroxyl groups excluding tert-OH is 2. The van der Waals surface area contributed by atoms with E-state index in [4.69, 9.17) is 24.3 Å². The molecule has 0 saturated carbocycles. The van der Waals surface area contributed by atoms with Crippen LogP contribution >= 0.6 is 7.75 Å². The molecule has 5 N–H and O–H groups in total. The molecule has 0 amide bonds. The molecule has 0 radical (unpaired) electrons. The number of esters is 1. The van der Waals surface area contributed by atoms with Gasteiger partial charge in [0, 0.05) is 6.20 Å². The third-order valence-corrected chi connectivity index (χ3v) is 6.92. The fourth-order valence-corrected chi connectivity index (χ4v) is 5.12. The Morgan fingerprint density at radius 3 is 2.56 bits per heavy atom. The molecular weight excluding hydrogens is 495 g/mol. The molecule has 1 aliphatic heterocycles. The van der Waals surface area contributed by atoms with Crippen LogP contribution in [0.15, 0.2) is 47.4 Å². The largest absolute Gasteiger partial charge is 0.468 e. The summed E-state index contributed by atoms with van der Waals surface area (Å²) in [6.45, 7) is 3.23. The van der Waals surface area contributed by atoms with Crippen LogP contribution in [0.3, 0.4) is 0 Å². The third-order valence-electron chi connectivity index (χ3n) is 5.35. The fourth-order valence-electron chi connectivity index (χ4n) is 3.60. The molecule has 2 heterocycles. The first-order valence-electron chi connectivity index (χ1n) is 11.2. The molecule has 13 nitrogen and oxygen atoms in total. The number of hydrogen-bond donors (Lipinski definition) is 4. The second kappa shape index (κ2) is 12.0. The van der Waals surface area contributed by atoms with Crippen molar-refractivity contribution in [1.29, 1.82) is 0 Å². The molecule has 14 heteroatoms. The van der Waals surface area contributed by atoms with Crippen LogP contribution in [0.1, 0.15) is 26.5 Å². The van der Waals surface area contributed by atoms with Crippen LogP contribution in [0, 0.1) is 5.92 Å². The lowest BCUT2D eigenvalue weighted by molar-refractivity contribution is -0.143. The predicted molar refractivity (Wildman–Crippen MR) is 128 cm³/mol. The van der Waals surface area contributed by atoms with Crippen LogP contribution in [0.5, 0.6) is 5.75 Å². The third kappa shape index (κ3) is 6.90. The summed E-state index contributed by atoms with van der Waals surface area (Å²) in [7, 11) is -3.04. The second-order valence-electron chi connectivity index (χ2n) is 8.62. The van der Waals surface area contributed by atoms with Gasteiger partial charge in [0.1, 0.15) is 35.9 Å². The number of ether oxygens (including phenoxy) is 2. The Bertz CT molecular complexity index is 1130. The number of anilines is 1. The summed E-state index contributed by atoms with van der Waals surface area (Å²) in [5, 5.41) is 23.6. The maximum atomic E-state index is 13.7. The molecule has 2 aromatic rings. The Balaban J connectivity index is 1.80. The first kappa shape index (κ1) is 27.8. The molecule has 0 bridgehead atoms. The van der Waals surface area contributed by atoms with E-state index in [0.717, 1.165) is 4.57 Å². The van der Waals surface area contributed by atoms with Crippen molar-refractivity contribution in [2.75, 3.05) is 19.5 Å². The summed E-state index contributed by atoms with van der Waals surface area (Å²) >= 11 is 0. The van der Waals surface area contributed by atoms with E-state index >= 15 is 0 Å². The highest BCUT2D eigenvalue weighted by atomic mass is 31.2. The second-order valence-corrected chi connectivity index (χ2v) is 10.3. The van der Waals surface area contributed by atoms with E-state index in [1.807, 2.05) is 13.8 Å². The molecule has 1 saturated heterocycles. The maximum Gasteiger partial charge on any atom is 0.459 e. The summed E-state index contributed by atoms with van der Waals surface area (Å²) in [5.74, 6) is -0.441. The van der Waals surface area contributed by atoms with Crippen LogP contribution in [0.25, 0.3) is 0 Å². The van der Waals surface area contributed by atoms with Gasteiger partial charge in [0.15, 0.2) is 6.23 Å². The number of aliphatic hydroxyl groups is 2. The lowest BCUT2D eigenvalue weighted by Gasteiger charge is -2.26. The van der Waals surface area contributed by atoms with E-state index in [0.29, 0.717) is 0 Å². The molecule has 2 unspecified atom stereocenters. The summed E-state index contributed by atoms with van der Waals surface area (Å²) in [6.07, 6.45) is -3.98. The predicted octanol–water partition coefficient (Wildman–Crippen LogP) is 0.826. The minimum atomic E-state index is -4.25. The smallest absolute Gasteiger partial charge is 0.459 e. The summed E-state index contributed by atoms with van der Waals surface area (Å²) < 4.78 is 36.4. The number of benzene rings is 1. The van der Waals surface area contributed by atoms with Crippen molar-refractivity contribution in [3.8, 4) is 5.75 Å². The van der Waals surface area contributed by atoms with E-state index < -0.39 is 56.6 Å². The van der Waals surface area contributed by atoms with Crippen LogP contribution < -0.4 is 21.0 Å². The van der Waals surface area contributed by atoms with Crippen molar-refractivity contribution in [3.63, 3.8) is 0 Å².